The van der Waals surface area contributed by atoms with Crippen molar-refractivity contribution in [3.8, 4) is 34.3 Å². The fourth-order valence-electron chi connectivity index (χ4n) is 6.67. The summed E-state index contributed by atoms with van der Waals surface area (Å²) in [6.07, 6.45) is 0.215. The molecular formula is C49H55BrCl2N2O9S2Si. The predicted molar refractivity (Wildman–Crippen MR) is 269 cm³/mol. The summed E-state index contributed by atoms with van der Waals surface area (Å²) >= 11 is 19.2. The van der Waals surface area contributed by atoms with Gasteiger partial charge in [0, 0.05) is 17.5 Å². The molecule has 0 saturated heterocycles. The second-order valence-corrected chi connectivity index (χ2v) is 27.8. The quantitative estimate of drug-likeness (QED) is 0.0374. The lowest BCUT2D eigenvalue weighted by Crippen LogP contribution is -2.43. The largest absolute Gasteiger partial charge is 0.543 e. The van der Waals surface area contributed by atoms with Crippen molar-refractivity contribution in [3.05, 3.63) is 121 Å². The summed E-state index contributed by atoms with van der Waals surface area (Å²) in [5.41, 5.74) is 4.25. The number of aryl methyl sites for hydroxylation is 1. The second kappa shape index (κ2) is 20.6. The smallest absolute Gasteiger partial charge is 0.348 e. The number of fused-ring (bicyclic) bond motifs is 1. The van der Waals surface area contributed by atoms with Crippen molar-refractivity contribution in [2.75, 3.05) is 13.2 Å². The number of esters is 1. The minimum absolute atomic E-state index is 0.0389. The van der Waals surface area contributed by atoms with Crippen LogP contribution >= 0.6 is 50.5 Å². The average Bonchev–Trinajstić information content (AvgIpc) is 3.57. The van der Waals surface area contributed by atoms with Crippen molar-refractivity contribution in [2.45, 2.75) is 110 Å². The number of thiophene rings is 1. The van der Waals surface area contributed by atoms with E-state index in [-0.39, 0.29) is 51.2 Å². The molecule has 0 N–H and O–H groups in total. The topological polar surface area (TPSA) is 132 Å². The van der Waals surface area contributed by atoms with E-state index in [0.29, 0.717) is 59.9 Å². The Morgan fingerprint density at radius 3 is 2.12 bits per heavy atom. The van der Waals surface area contributed by atoms with Crippen molar-refractivity contribution in [3.63, 3.8) is 0 Å². The molecule has 0 spiro atoms. The molecule has 0 fully saturated rings. The molecule has 66 heavy (non-hydrogen) atoms. The summed E-state index contributed by atoms with van der Waals surface area (Å²) in [5, 5.41) is 0.869. The maximum atomic E-state index is 14.3. The van der Waals surface area contributed by atoms with Gasteiger partial charge in [0.15, 0.2) is 5.75 Å². The van der Waals surface area contributed by atoms with E-state index in [4.69, 9.17) is 50.8 Å². The van der Waals surface area contributed by atoms with Crippen LogP contribution in [0.1, 0.15) is 69.4 Å². The van der Waals surface area contributed by atoms with Gasteiger partial charge >= 0.3 is 5.97 Å². The number of nitrogens with zero attached hydrogens (tertiary/aromatic N) is 2. The van der Waals surface area contributed by atoms with Crippen LogP contribution in [0, 0.1) is 20.8 Å². The number of aromatic nitrogens is 2. The zero-order valence-corrected chi connectivity index (χ0v) is 44.7. The number of hydrogen-bond donors (Lipinski definition) is 0. The van der Waals surface area contributed by atoms with Crippen LogP contribution in [0.4, 0.5) is 0 Å². The fraction of sp³-hybridized carbons (Fsp3) is 0.367. The third-order valence-corrected chi connectivity index (χ3v) is 19.5. The molecule has 0 bridgehead atoms. The number of carbonyl (C=O) groups is 1. The van der Waals surface area contributed by atoms with Crippen LogP contribution in [-0.2, 0) is 36.9 Å². The maximum Gasteiger partial charge on any atom is 0.348 e. The van der Waals surface area contributed by atoms with Gasteiger partial charge in [-0.2, -0.15) is 8.42 Å². The fourth-order valence-corrected chi connectivity index (χ4v) is 10.8. The Labute approximate surface area is 411 Å². The van der Waals surface area contributed by atoms with Crippen LogP contribution in [-0.4, -0.2) is 57.6 Å². The third-order valence-electron chi connectivity index (χ3n) is 11.1. The molecule has 0 amide bonds. The van der Waals surface area contributed by atoms with Gasteiger partial charge in [-0.3, -0.25) is 4.18 Å². The molecule has 0 saturated carbocycles. The van der Waals surface area contributed by atoms with Gasteiger partial charge in [-0.1, -0.05) is 92.0 Å². The van der Waals surface area contributed by atoms with Gasteiger partial charge in [0.05, 0.1) is 24.1 Å². The maximum absolute atomic E-state index is 14.3. The van der Waals surface area contributed by atoms with Crippen LogP contribution in [0.2, 0.25) is 28.2 Å². The molecule has 4 aromatic carbocycles. The molecule has 17 heteroatoms. The molecule has 0 radical (unpaired) electrons. The second-order valence-electron chi connectivity index (χ2n) is 18.4. The summed E-state index contributed by atoms with van der Waals surface area (Å²) < 4.78 is 63.4. The Bertz CT molecular complexity index is 2800. The van der Waals surface area contributed by atoms with Crippen LogP contribution in [0.3, 0.4) is 0 Å². The van der Waals surface area contributed by atoms with E-state index in [1.165, 1.54) is 29.8 Å². The van der Waals surface area contributed by atoms with Crippen molar-refractivity contribution < 1.29 is 40.8 Å². The van der Waals surface area contributed by atoms with E-state index >= 15 is 0 Å². The predicted octanol–water partition coefficient (Wildman–Crippen LogP) is 13.4. The first kappa shape index (κ1) is 51.2. The van der Waals surface area contributed by atoms with E-state index in [1.54, 1.807) is 32.9 Å². The Morgan fingerprint density at radius 2 is 1.50 bits per heavy atom. The van der Waals surface area contributed by atoms with Crippen molar-refractivity contribution in [2.24, 2.45) is 0 Å². The summed E-state index contributed by atoms with van der Waals surface area (Å²) in [5.74, 6) is 0.915. The number of halogens is 3. The summed E-state index contributed by atoms with van der Waals surface area (Å²) in [6.45, 7) is 21.7. The van der Waals surface area contributed by atoms with Gasteiger partial charge in [0.25, 0.3) is 10.1 Å². The number of hydrogen-bond acceptors (Lipinski definition) is 12. The van der Waals surface area contributed by atoms with Crippen molar-refractivity contribution >= 4 is 85.1 Å². The van der Waals surface area contributed by atoms with Crippen LogP contribution in [0.25, 0.3) is 21.3 Å². The first-order valence-electron chi connectivity index (χ1n) is 21.3. The molecular weight excluding hydrogens is 1000 g/mol. The normalized spacial score (nSPS) is 12.8. The minimum Gasteiger partial charge on any atom is -0.543 e. The Hall–Kier alpha value is -4.22. The molecule has 2 heterocycles. The van der Waals surface area contributed by atoms with E-state index < -0.39 is 36.1 Å². The average molecular weight is 1060 g/mol. The van der Waals surface area contributed by atoms with Gasteiger partial charge < -0.3 is 23.4 Å². The molecule has 6 rings (SSSR count). The van der Waals surface area contributed by atoms with E-state index in [9.17, 15) is 13.2 Å². The zero-order valence-electron chi connectivity index (χ0n) is 38.9. The lowest BCUT2D eigenvalue weighted by molar-refractivity contribution is -0.163. The number of rotatable bonds is 17. The highest BCUT2D eigenvalue weighted by atomic mass is 79.9. The van der Waals surface area contributed by atoms with Gasteiger partial charge in [-0.25, -0.2) is 14.8 Å². The SMILES string of the molecule is Cc1ccc(S(=O)(=O)OCCOc2c(Cl)c(C)c(-c3c(Br)sc4ncnc(OC(Cc5cc(O[Si](C)(C)C(C)(C)C)ccc5OCc5ccccc5)C(=O)OC(C)(C)C)c34)c(C)c2Cl)cc1. The van der Waals surface area contributed by atoms with Crippen molar-refractivity contribution in [1.29, 1.82) is 0 Å². The number of ether oxygens (including phenoxy) is 4. The molecule has 0 aliphatic carbocycles. The van der Waals surface area contributed by atoms with Gasteiger partial charge in [-0.05, 0) is 128 Å². The van der Waals surface area contributed by atoms with Gasteiger partial charge in [0.2, 0.25) is 20.3 Å². The molecule has 11 nitrogen and oxygen atoms in total. The van der Waals surface area contributed by atoms with Crippen molar-refractivity contribution in [1.82, 2.24) is 9.97 Å². The minimum atomic E-state index is -4.02. The van der Waals surface area contributed by atoms with E-state index in [1.807, 2.05) is 69.3 Å². The summed E-state index contributed by atoms with van der Waals surface area (Å²) in [7, 11) is -6.28. The molecule has 352 valence electrons. The lowest BCUT2D eigenvalue weighted by Gasteiger charge is -2.36. The lowest BCUT2D eigenvalue weighted by atomic mass is 9.95. The highest BCUT2D eigenvalue weighted by Gasteiger charge is 2.39. The summed E-state index contributed by atoms with van der Waals surface area (Å²) in [6, 6.07) is 21.9. The summed E-state index contributed by atoms with van der Waals surface area (Å²) in [4.78, 5) is 24.1. The number of benzene rings is 4. The third kappa shape index (κ3) is 12.1. The van der Waals surface area contributed by atoms with Gasteiger partial charge in [-0.15, -0.1) is 11.3 Å². The monoisotopic (exact) mass is 1060 g/mol. The Balaban J connectivity index is 1.37. The van der Waals surface area contributed by atoms with Gasteiger partial charge in [0.1, 0.15) is 48.1 Å². The van der Waals surface area contributed by atoms with Crippen LogP contribution in [0.15, 0.2) is 87.8 Å². The van der Waals surface area contributed by atoms with E-state index in [0.717, 1.165) is 11.1 Å². The zero-order chi connectivity index (χ0) is 48.4. The van der Waals surface area contributed by atoms with E-state index in [2.05, 4.69) is 59.8 Å². The molecule has 0 aliphatic rings. The Kier molecular flexibility index (Phi) is 15.9. The molecule has 2 aromatic heterocycles. The number of carbonyl (C=O) groups excluding carboxylic acids is 1. The van der Waals surface area contributed by atoms with Crippen LogP contribution < -0.4 is 18.6 Å². The molecule has 0 aliphatic heterocycles. The first-order chi connectivity index (χ1) is 30.9. The Morgan fingerprint density at radius 1 is 0.848 bits per heavy atom. The molecule has 1 atom stereocenters. The highest BCUT2D eigenvalue weighted by molar-refractivity contribution is 9.11. The molecule has 1 unspecified atom stereocenters. The molecule has 6 aromatic rings. The standard InChI is InChI=1S/C49H55BrCl2N2O9S2Si/c1-29-17-20-35(21-18-29)65(56,57)60-24-23-58-43-41(51)30(2)38(31(3)42(43)52)39-40-45(53-28-54-46(40)64-44(39)50)61-37(47(55)62-48(4,5)6)26-33-25-34(63-66(10,11)49(7,8)9)19-22-36(33)59-27-32-15-13-12-14-16-32/h12-22,25,28,37H,23-24,26-27H2,1-11H3. The highest BCUT2D eigenvalue weighted by Crippen LogP contribution is 2.52. The van der Waals surface area contributed by atoms with Crippen LogP contribution in [0.5, 0.6) is 23.1 Å². The first-order valence-corrected chi connectivity index (χ1v) is 27.9.